The standard InChI is InChI=1S/C15H16F2N2/c16-14-4-1-11(7-15(14)17)9-19-6-5-12(10-19)8-18-13-2-3-13/h1,4-7,10,13,18H,2-3,8-9H2. The van der Waals surface area contributed by atoms with Crippen LogP contribution >= 0.6 is 0 Å². The van der Waals surface area contributed by atoms with Gasteiger partial charge in [-0.2, -0.15) is 0 Å². The van der Waals surface area contributed by atoms with Crippen molar-refractivity contribution in [1.82, 2.24) is 9.88 Å². The maximum Gasteiger partial charge on any atom is 0.159 e. The smallest absolute Gasteiger partial charge is 0.159 e. The molecule has 0 aliphatic heterocycles. The first kappa shape index (κ1) is 12.4. The molecular weight excluding hydrogens is 246 g/mol. The number of aromatic nitrogens is 1. The zero-order valence-corrected chi connectivity index (χ0v) is 10.6. The molecule has 0 amide bonds. The van der Waals surface area contributed by atoms with E-state index in [1.807, 2.05) is 17.0 Å². The number of nitrogens with one attached hydrogen (secondary N) is 1. The summed E-state index contributed by atoms with van der Waals surface area (Å²) >= 11 is 0. The largest absolute Gasteiger partial charge is 0.350 e. The minimum atomic E-state index is -0.800. The Balaban J connectivity index is 1.63. The van der Waals surface area contributed by atoms with Crippen LogP contribution in [0.4, 0.5) is 8.78 Å². The summed E-state index contributed by atoms with van der Waals surface area (Å²) in [7, 11) is 0. The van der Waals surface area contributed by atoms with Crippen molar-refractivity contribution in [2.75, 3.05) is 0 Å². The monoisotopic (exact) mass is 262 g/mol. The van der Waals surface area contributed by atoms with Crippen molar-refractivity contribution in [3.63, 3.8) is 0 Å². The molecule has 0 atom stereocenters. The third kappa shape index (κ3) is 3.20. The van der Waals surface area contributed by atoms with Gasteiger partial charge in [0.2, 0.25) is 0 Å². The number of benzene rings is 1. The molecule has 1 heterocycles. The van der Waals surface area contributed by atoms with Crippen LogP contribution in [0.15, 0.2) is 36.7 Å². The first-order valence-electron chi connectivity index (χ1n) is 6.53. The van der Waals surface area contributed by atoms with Crippen LogP contribution in [0.3, 0.4) is 0 Å². The van der Waals surface area contributed by atoms with Crippen molar-refractivity contribution in [1.29, 1.82) is 0 Å². The highest BCUT2D eigenvalue weighted by molar-refractivity contribution is 5.19. The Kier molecular flexibility index (Phi) is 3.34. The first-order valence-corrected chi connectivity index (χ1v) is 6.53. The van der Waals surface area contributed by atoms with E-state index >= 15 is 0 Å². The highest BCUT2D eigenvalue weighted by Gasteiger charge is 2.19. The second-order valence-electron chi connectivity index (χ2n) is 5.10. The zero-order valence-electron chi connectivity index (χ0n) is 10.6. The van der Waals surface area contributed by atoms with Gasteiger partial charge in [0.1, 0.15) is 0 Å². The number of halogens is 2. The molecule has 19 heavy (non-hydrogen) atoms. The summed E-state index contributed by atoms with van der Waals surface area (Å²) in [6, 6.07) is 6.77. The molecule has 0 unspecified atom stereocenters. The van der Waals surface area contributed by atoms with E-state index in [9.17, 15) is 8.78 Å². The van der Waals surface area contributed by atoms with Crippen LogP contribution in [0.5, 0.6) is 0 Å². The van der Waals surface area contributed by atoms with Gasteiger partial charge in [-0.1, -0.05) is 6.07 Å². The predicted octanol–water partition coefficient (Wildman–Crippen LogP) is 3.07. The summed E-state index contributed by atoms with van der Waals surface area (Å²) in [6.07, 6.45) is 6.55. The van der Waals surface area contributed by atoms with Gasteiger partial charge >= 0.3 is 0 Å². The lowest BCUT2D eigenvalue weighted by atomic mass is 10.2. The lowest BCUT2D eigenvalue weighted by molar-refractivity contribution is 0.506. The van der Waals surface area contributed by atoms with E-state index < -0.39 is 11.6 Å². The van der Waals surface area contributed by atoms with Crippen molar-refractivity contribution in [2.24, 2.45) is 0 Å². The first-order chi connectivity index (χ1) is 9.20. The molecular formula is C15H16F2N2. The maximum atomic E-state index is 13.1. The lowest BCUT2D eigenvalue weighted by Gasteiger charge is -2.04. The molecule has 0 radical (unpaired) electrons. The topological polar surface area (TPSA) is 17.0 Å². The molecule has 2 nitrogen and oxygen atoms in total. The molecule has 0 spiro atoms. The Morgan fingerprint density at radius 2 is 1.95 bits per heavy atom. The molecule has 1 aromatic carbocycles. The van der Waals surface area contributed by atoms with E-state index in [1.165, 1.54) is 30.5 Å². The Morgan fingerprint density at radius 3 is 2.68 bits per heavy atom. The van der Waals surface area contributed by atoms with E-state index in [4.69, 9.17) is 0 Å². The summed E-state index contributed by atoms with van der Waals surface area (Å²) in [5.41, 5.74) is 1.98. The molecule has 100 valence electrons. The molecule has 1 aliphatic rings. The third-order valence-corrected chi connectivity index (χ3v) is 3.33. The molecule has 0 saturated heterocycles. The third-order valence-electron chi connectivity index (χ3n) is 3.33. The second kappa shape index (κ2) is 5.13. The van der Waals surface area contributed by atoms with Crippen molar-refractivity contribution < 1.29 is 8.78 Å². The average Bonchev–Trinajstić information content (AvgIpc) is 3.12. The van der Waals surface area contributed by atoms with Crippen LogP contribution in [0.25, 0.3) is 0 Å². The molecule has 1 aliphatic carbocycles. The van der Waals surface area contributed by atoms with Gasteiger partial charge < -0.3 is 9.88 Å². The summed E-state index contributed by atoms with van der Waals surface area (Å²) in [4.78, 5) is 0. The van der Waals surface area contributed by atoms with E-state index in [2.05, 4.69) is 11.4 Å². The minimum absolute atomic E-state index is 0.556. The van der Waals surface area contributed by atoms with Gasteiger partial charge in [-0.05, 0) is 42.2 Å². The van der Waals surface area contributed by atoms with Crippen molar-refractivity contribution in [3.05, 3.63) is 59.4 Å². The van der Waals surface area contributed by atoms with Crippen LogP contribution in [-0.2, 0) is 13.1 Å². The summed E-state index contributed by atoms with van der Waals surface area (Å²) in [5, 5.41) is 3.44. The van der Waals surface area contributed by atoms with Gasteiger partial charge in [-0.15, -0.1) is 0 Å². The molecule has 3 rings (SSSR count). The molecule has 1 fully saturated rings. The second-order valence-corrected chi connectivity index (χ2v) is 5.10. The lowest BCUT2D eigenvalue weighted by Crippen LogP contribution is -2.14. The SMILES string of the molecule is Fc1ccc(Cn2ccc(CNC3CC3)c2)cc1F. The Labute approximate surface area is 111 Å². The Morgan fingerprint density at radius 1 is 1.11 bits per heavy atom. The van der Waals surface area contributed by atoms with Crippen LogP contribution in [0, 0.1) is 11.6 Å². The maximum absolute atomic E-state index is 13.1. The fourth-order valence-electron chi connectivity index (χ4n) is 2.09. The zero-order chi connectivity index (χ0) is 13.2. The molecule has 1 N–H and O–H groups in total. The van der Waals surface area contributed by atoms with E-state index in [-0.39, 0.29) is 0 Å². The van der Waals surface area contributed by atoms with E-state index in [0.717, 1.165) is 12.1 Å². The summed E-state index contributed by atoms with van der Waals surface area (Å²) < 4.78 is 27.9. The van der Waals surface area contributed by atoms with Crippen LogP contribution in [0.1, 0.15) is 24.0 Å². The van der Waals surface area contributed by atoms with Crippen molar-refractivity contribution in [3.8, 4) is 0 Å². The van der Waals surface area contributed by atoms with Crippen molar-refractivity contribution >= 4 is 0 Å². The molecule has 1 saturated carbocycles. The number of hydrogen-bond acceptors (Lipinski definition) is 1. The van der Waals surface area contributed by atoms with Crippen LogP contribution in [-0.4, -0.2) is 10.6 Å². The Hall–Kier alpha value is -1.68. The number of hydrogen-bond donors (Lipinski definition) is 1. The van der Waals surface area contributed by atoms with Gasteiger partial charge in [0.05, 0.1) is 0 Å². The molecule has 4 heteroatoms. The minimum Gasteiger partial charge on any atom is -0.350 e. The number of rotatable bonds is 5. The average molecular weight is 262 g/mol. The van der Waals surface area contributed by atoms with Gasteiger partial charge in [0, 0.05) is 31.5 Å². The van der Waals surface area contributed by atoms with Gasteiger partial charge in [0.15, 0.2) is 11.6 Å². The molecule has 2 aromatic rings. The predicted molar refractivity (Wildman–Crippen MR) is 69.8 cm³/mol. The summed E-state index contributed by atoms with van der Waals surface area (Å²) in [6.45, 7) is 1.43. The van der Waals surface area contributed by atoms with Gasteiger partial charge in [-0.3, -0.25) is 0 Å². The summed E-state index contributed by atoms with van der Waals surface area (Å²) in [5.74, 6) is -1.59. The number of nitrogens with zero attached hydrogens (tertiary/aromatic N) is 1. The quantitative estimate of drug-likeness (QED) is 0.876. The Bertz CT molecular complexity index is 573. The highest BCUT2D eigenvalue weighted by atomic mass is 19.2. The van der Waals surface area contributed by atoms with Crippen LogP contribution in [0.2, 0.25) is 0 Å². The fourth-order valence-corrected chi connectivity index (χ4v) is 2.09. The van der Waals surface area contributed by atoms with Crippen molar-refractivity contribution in [2.45, 2.75) is 32.0 Å². The molecule has 0 bridgehead atoms. The van der Waals surface area contributed by atoms with E-state index in [1.54, 1.807) is 6.07 Å². The van der Waals surface area contributed by atoms with Gasteiger partial charge in [-0.25, -0.2) is 8.78 Å². The van der Waals surface area contributed by atoms with Crippen LogP contribution < -0.4 is 5.32 Å². The normalized spacial score (nSPS) is 14.8. The molecule has 1 aromatic heterocycles. The highest BCUT2D eigenvalue weighted by Crippen LogP contribution is 2.19. The van der Waals surface area contributed by atoms with E-state index in [0.29, 0.717) is 12.6 Å². The van der Waals surface area contributed by atoms with Gasteiger partial charge in [0.25, 0.3) is 0 Å². The fraction of sp³-hybridized carbons (Fsp3) is 0.333.